The van der Waals surface area contributed by atoms with E-state index in [0.29, 0.717) is 11.5 Å². The van der Waals surface area contributed by atoms with Crippen LogP contribution in [0.3, 0.4) is 0 Å². The second-order valence-corrected chi connectivity index (χ2v) is 10.3. The van der Waals surface area contributed by atoms with Gasteiger partial charge in [0, 0.05) is 6.04 Å². The predicted octanol–water partition coefficient (Wildman–Crippen LogP) is 4.35. The van der Waals surface area contributed by atoms with E-state index in [0.717, 1.165) is 48.3 Å². The molecule has 0 aromatic heterocycles. The first kappa shape index (κ1) is 16.4. The molecule has 9 atom stereocenters. The average molecular weight is 320 g/mol. The van der Waals surface area contributed by atoms with E-state index in [-0.39, 0.29) is 5.60 Å². The highest BCUT2D eigenvalue weighted by atomic mass is 16.3. The Kier molecular flexibility index (Phi) is 3.89. The fraction of sp³-hybridized carbons (Fsp3) is 1.00. The standard InChI is InChI=1S/C21H37NO/c1-13(22)18-6-7-19-17-5-4-14-12-20(2,23)10-8-15(14)16(17)9-11-21(18,19)3/h13-19,23H,4-12,22H2,1-3H3/t13-,14-,15+,16-,17-,18-,19+,20-,21-/m1/s1. The number of aliphatic hydroxyl groups is 1. The van der Waals surface area contributed by atoms with Crippen molar-refractivity contribution in [2.75, 3.05) is 0 Å². The Morgan fingerprint density at radius 1 is 0.913 bits per heavy atom. The van der Waals surface area contributed by atoms with Crippen LogP contribution < -0.4 is 5.73 Å². The highest BCUT2D eigenvalue weighted by molar-refractivity contribution is 5.07. The van der Waals surface area contributed by atoms with Gasteiger partial charge in [0.1, 0.15) is 0 Å². The van der Waals surface area contributed by atoms with Gasteiger partial charge in [0.15, 0.2) is 0 Å². The van der Waals surface area contributed by atoms with Gasteiger partial charge < -0.3 is 10.8 Å². The number of rotatable bonds is 1. The molecule has 4 aliphatic carbocycles. The van der Waals surface area contributed by atoms with Crippen LogP contribution in [0.15, 0.2) is 0 Å². The highest BCUT2D eigenvalue weighted by Crippen LogP contribution is 2.64. The van der Waals surface area contributed by atoms with Gasteiger partial charge in [-0.3, -0.25) is 0 Å². The molecule has 0 saturated heterocycles. The average Bonchev–Trinajstić information content (AvgIpc) is 2.83. The van der Waals surface area contributed by atoms with Crippen LogP contribution >= 0.6 is 0 Å². The maximum absolute atomic E-state index is 10.5. The summed E-state index contributed by atoms with van der Waals surface area (Å²) in [5.74, 6) is 5.30. The van der Waals surface area contributed by atoms with Gasteiger partial charge in [0.2, 0.25) is 0 Å². The van der Waals surface area contributed by atoms with E-state index in [1.54, 1.807) is 0 Å². The van der Waals surface area contributed by atoms with Gasteiger partial charge in [-0.1, -0.05) is 6.92 Å². The van der Waals surface area contributed by atoms with Gasteiger partial charge in [-0.25, -0.2) is 0 Å². The van der Waals surface area contributed by atoms with Crippen LogP contribution in [-0.2, 0) is 0 Å². The highest BCUT2D eigenvalue weighted by Gasteiger charge is 2.57. The third-order valence-corrected chi connectivity index (χ3v) is 8.94. The molecule has 0 heterocycles. The monoisotopic (exact) mass is 319 g/mol. The van der Waals surface area contributed by atoms with Gasteiger partial charge in [-0.05, 0) is 113 Å². The topological polar surface area (TPSA) is 46.2 Å². The third-order valence-electron chi connectivity index (χ3n) is 8.94. The minimum atomic E-state index is -0.384. The lowest BCUT2D eigenvalue weighted by molar-refractivity contribution is -0.100. The van der Waals surface area contributed by atoms with E-state index in [9.17, 15) is 5.11 Å². The Morgan fingerprint density at radius 2 is 1.65 bits per heavy atom. The minimum Gasteiger partial charge on any atom is -0.390 e. The van der Waals surface area contributed by atoms with Crippen LogP contribution in [0.1, 0.15) is 78.6 Å². The first-order valence-corrected chi connectivity index (χ1v) is 10.3. The van der Waals surface area contributed by atoms with Crippen molar-refractivity contribution in [1.29, 1.82) is 0 Å². The molecule has 0 radical (unpaired) electrons. The van der Waals surface area contributed by atoms with Crippen molar-refractivity contribution in [2.24, 2.45) is 46.7 Å². The fourth-order valence-corrected chi connectivity index (χ4v) is 7.99. The Morgan fingerprint density at radius 3 is 2.39 bits per heavy atom. The number of hydrogen-bond acceptors (Lipinski definition) is 2. The summed E-state index contributed by atoms with van der Waals surface area (Å²) >= 11 is 0. The van der Waals surface area contributed by atoms with E-state index < -0.39 is 0 Å². The molecular formula is C21H37NO. The normalized spacial score (nSPS) is 57.3. The lowest BCUT2D eigenvalue weighted by Crippen LogP contribution is -2.51. The second-order valence-electron chi connectivity index (χ2n) is 10.3. The molecular weight excluding hydrogens is 282 g/mol. The first-order valence-electron chi connectivity index (χ1n) is 10.3. The van der Waals surface area contributed by atoms with E-state index in [4.69, 9.17) is 5.73 Å². The quantitative estimate of drug-likeness (QED) is 0.754. The van der Waals surface area contributed by atoms with Crippen LogP contribution in [0, 0.1) is 40.9 Å². The van der Waals surface area contributed by atoms with E-state index in [1.165, 1.54) is 44.9 Å². The van der Waals surface area contributed by atoms with Gasteiger partial charge in [0.05, 0.1) is 5.60 Å². The van der Waals surface area contributed by atoms with Crippen molar-refractivity contribution >= 4 is 0 Å². The number of hydrogen-bond donors (Lipinski definition) is 2. The Balaban J connectivity index is 1.54. The molecule has 132 valence electrons. The number of nitrogens with two attached hydrogens (primary N) is 1. The van der Waals surface area contributed by atoms with Crippen molar-refractivity contribution in [2.45, 2.75) is 90.2 Å². The molecule has 4 saturated carbocycles. The van der Waals surface area contributed by atoms with Crippen LogP contribution in [0.4, 0.5) is 0 Å². The molecule has 0 bridgehead atoms. The molecule has 0 unspecified atom stereocenters. The van der Waals surface area contributed by atoms with Crippen LogP contribution in [-0.4, -0.2) is 16.7 Å². The summed E-state index contributed by atoms with van der Waals surface area (Å²) in [4.78, 5) is 0. The summed E-state index contributed by atoms with van der Waals surface area (Å²) in [7, 11) is 0. The van der Waals surface area contributed by atoms with Crippen molar-refractivity contribution in [3.8, 4) is 0 Å². The zero-order valence-electron chi connectivity index (χ0n) is 15.4. The fourth-order valence-electron chi connectivity index (χ4n) is 7.99. The SMILES string of the molecule is C[C@@H](N)[C@H]1CC[C@H]2[C@@H]3CC[C@@H]4C[C@](C)(O)CC[C@@H]4[C@H]3CC[C@]12C. The summed E-state index contributed by atoms with van der Waals surface area (Å²) in [6, 6.07) is 0.364. The minimum absolute atomic E-state index is 0.364. The third kappa shape index (κ3) is 2.51. The molecule has 4 fully saturated rings. The predicted molar refractivity (Wildman–Crippen MR) is 94.9 cm³/mol. The molecule has 0 aliphatic heterocycles. The molecule has 0 spiro atoms. The maximum atomic E-state index is 10.5. The van der Waals surface area contributed by atoms with Crippen molar-refractivity contribution in [1.82, 2.24) is 0 Å². The maximum Gasteiger partial charge on any atom is 0.0622 e. The zero-order chi connectivity index (χ0) is 16.4. The van der Waals surface area contributed by atoms with Crippen molar-refractivity contribution < 1.29 is 5.11 Å². The second kappa shape index (κ2) is 5.46. The largest absolute Gasteiger partial charge is 0.390 e. The Labute approximate surface area is 142 Å². The summed E-state index contributed by atoms with van der Waals surface area (Å²) < 4.78 is 0. The van der Waals surface area contributed by atoms with Gasteiger partial charge in [-0.15, -0.1) is 0 Å². The van der Waals surface area contributed by atoms with Gasteiger partial charge >= 0.3 is 0 Å². The molecule has 2 nitrogen and oxygen atoms in total. The van der Waals surface area contributed by atoms with Crippen LogP contribution in [0.5, 0.6) is 0 Å². The van der Waals surface area contributed by atoms with Gasteiger partial charge in [0.25, 0.3) is 0 Å². The van der Waals surface area contributed by atoms with E-state index in [1.807, 2.05) is 0 Å². The van der Waals surface area contributed by atoms with Crippen molar-refractivity contribution in [3.63, 3.8) is 0 Å². The first-order chi connectivity index (χ1) is 10.8. The molecule has 3 N–H and O–H groups in total. The molecule has 0 amide bonds. The molecule has 2 heteroatoms. The Bertz CT molecular complexity index is 459. The molecule has 0 aromatic carbocycles. The molecule has 4 rings (SSSR count). The smallest absolute Gasteiger partial charge is 0.0622 e. The van der Waals surface area contributed by atoms with Gasteiger partial charge in [-0.2, -0.15) is 0 Å². The van der Waals surface area contributed by atoms with E-state index in [2.05, 4.69) is 20.8 Å². The summed E-state index contributed by atoms with van der Waals surface area (Å²) in [5.41, 5.74) is 6.50. The summed E-state index contributed by atoms with van der Waals surface area (Å²) in [5, 5.41) is 10.5. The molecule has 23 heavy (non-hydrogen) atoms. The summed E-state index contributed by atoms with van der Waals surface area (Å²) in [6.45, 7) is 6.88. The van der Waals surface area contributed by atoms with Crippen LogP contribution in [0.2, 0.25) is 0 Å². The van der Waals surface area contributed by atoms with Crippen LogP contribution in [0.25, 0.3) is 0 Å². The number of fused-ring (bicyclic) bond motifs is 5. The van der Waals surface area contributed by atoms with E-state index >= 15 is 0 Å². The summed E-state index contributed by atoms with van der Waals surface area (Å²) in [6.07, 6.45) is 11.8. The Hall–Kier alpha value is -0.0800. The molecule has 0 aromatic rings. The lowest BCUT2D eigenvalue weighted by atomic mass is 9.49. The zero-order valence-corrected chi connectivity index (χ0v) is 15.4. The lowest BCUT2D eigenvalue weighted by Gasteiger charge is -2.57. The molecule has 4 aliphatic rings. The van der Waals surface area contributed by atoms with Crippen molar-refractivity contribution in [3.05, 3.63) is 0 Å².